The predicted molar refractivity (Wildman–Crippen MR) is 131 cm³/mol. The van der Waals surface area contributed by atoms with E-state index >= 15 is 0 Å². The number of amides is 2. The van der Waals surface area contributed by atoms with E-state index in [9.17, 15) is 44.7 Å². The molecular weight excluding hydrogens is 580 g/mol. The van der Waals surface area contributed by atoms with E-state index in [2.05, 4.69) is 19.9 Å². The first-order valence-electron chi connectivity index (χ1n) is 11.6. The van der Waals surface area contributed by atoms with Gasteiger partial charge in [-0.1, -0.05) is 0 Å². The van der Waals surface area contributed by atoms with Crippen molar-refractivity contribution in [2.24, 2.45) is 0 Å². The van der Waals surface area contributed by atoms with Crippen LogP contribution >= 0.6 is 0 Å². The van der Waals surface area contributed by atoms with Gasteiger partial charge in [0.25, 0.3) is 0 Å². The number of hydrogen-bond acceptors (Lipinski definition) is 7. The summed E-state index contributed by atoms with van der Waals surface area (Å²) in [5, 5.41) is 0. The van der Waals surface area contributed by atoms with Crippen LogP contribution in [0.1, 0.15) is 24.2 Å². The van der Waals surface area contributed by atoms with Crippen LogP contribution in [0.25, 0.3) is 22.5 Å². The molecule has 2 N–H and O–H groups in total. The van der Waals surface area contributed by atoms with E-state index in [1.165, 1.54) is 18.3 Å². The number of nitrogens with two attached hydrogens (primary N) is 1. The Morgan fingerprint density at radius 2 is 1.12 bits per heavy atom. The number of rotatable bonds is 3. The number of halogens is 8. The number of carbonyl (C=O) groups is 2. The van der Waals surface area contributed by atoms with Gasteiger partial charge in [0.1, 0.15) is 11.6 Å². The zero-order valence-electron chi connectivity index (χ0n) is 20.8. The maximum absolute atomic E-state index is 13.3. The molecule has 0 aromatic carbocycles. The van der Waals surface area contributed by atoms with E-state index in [1.807, 2.05) is 0 Å². The summed E-state index contributed by atoms with van der Waals surface area (Å²) in [5.74, 6) is -2.81. The number of carbonyl (C=O) groups excluding carboxylic acids is 2. The van der Waals surface area contributed by atoms with Gasteiger partial charge in [-0.05, 0) is 36.4 Å². The Labute approximate surface area is 230 Å². The number of aromatic nitrogens is 4. The standard InChI is InChI=1S/C15H9F4N3O2.C11H7F4N3/c16-9-5-8(6-20-7-9)10-1-2-11(14(21-10)15(17,18)19)22-12(23)3-4-13(22)24;12-7-3-6(4-17-5-7)9-2-1-8(16)10(18-9)11(13,14)15/h1-2,5-7H,3-4H2;1-5H,16H2. The molecule has 42 heavy (non-hydrogen) atoms. The smallest absolute Gasteiger partial charge is 0.397 e. The van der Waals surface area contributed by atoms with E-state index < -0.39 is 58.6 Å². The zero-order chi connectivity index (χ0) is 30.8. The molecule has 4 aromatic heterocycles. The van der Waals surface area contributed by atoms with Crippen molar-refractivity contribution in [3.8, 4) is 22.5 Å². The third-order valence-corrected chi connectivity index (χ3v) is 5.63. The van der Waals surface area contributed by atoms with Gasteiger partial charge in [-0.15, -0.1) is 0 Å². The highest BCUT2D eigenvalue weighted by Crippen LogP contribution is 2.38. The van der Waals surface area contributed by atoms with Crippen molar-refractivity contribution in [1.29, 1.82) is 0 Å². The molecule has 0 radical (unpaired) electrons. The van der Waals surface area contributed by atoms with Gasteiger partial charge in [-0.25, -0.2) is 23.6 Å². The Morgan fingerprint density at radius 3 is 1.57 bits per heavy atom. The minimum atomic E-state index is -4.89. The van der Waals surface area contributed by atoms with Crippen LogP contribution in [0.2, 0.25) is 0 Å². The Bertz CT molecular complexity index is 1640. The summed E-state index contributed by atoms with van der Waals surface area (Å²) >= 11 is 0. The second-order valence-electron chi connectivity index (χ2n) is 8.60. The van der Waals surface area contributed by atoms with Crippen molar-refractivity contribution >= 4 is 23.2 Å². The lowest BCUT2D eigenvalue weighted by Gasteiger charge is -2.19. The van der Waals surface area contributed by atoms with Gasteiger partial charge in [0.2, 0.25) is 11.8 Å². The second kappa shape index (κ2) is 11.5. The molecule has 0 spiro atoms. The number of nitrogens with zero attached hydrogens (tertiary/aromatic N) is 5. The molecule has 218 valence electrons. The molecule has 16 heteroatoms. The van der Waals surface area contributed by atoms with E-state index in [0.29, 0.717) is 4.90 Å². The quantitative estimate of drug-likeness (QED) is 0.234. The van der Waals surface area contributed by atoms with E-state index in [1.54, 1.807) is 0 Å². The summed E-state index contributed by atoms with van der Waals surface area (Å²) in [7, 11) is 0. The number of hydrogen-bond donors (Lipinski definition) is 1. The SMILES string of the molecule is Nc1ccc(-c2cncc(F)c2)nc1C(F)(F)F.O=C1CCC(=O)N1c1ccc(-c2cncc(F)c2)nc1C(F)(F)F. The van der Waals surface area contributed by atoms with Crippen LogP contribution in [0.4, 0.5) is 46.5 Å². The fourth-order valence-corrected chi connectivity index (χ4v) is 3.81. The van der Waals surface area contributed by atoms with Gasteiger partial charge >= 0.3 is 12.4 Å². The van der Waals surface area contributed by atoms with Crippen molar-refractivity contribution in [2.45, 2.75) is 25.2 Å². The van der Waals surface area contributed by atoms with Gasteiger partial charge in [0, 0.05) is 36.4 Å². The Balaban J connectivity index is 0.000000201. The molecule has 5 rings (SSSR count). The van der Waals surface area contributed by atoms with Crippen LogP contribution in [0.5, 0.6) is 0 Å². The summed E-state index contributed by atoms with van der Waals surface area (Å²) in [6.07, 6.45) is -5.60. The fourth-order valence-electron chi connectivity index (χ4n) is 3.81. The predicted octanol–water partition coefficient (Wildman–Crippen LogP) is 5.84. The lowest BCUT2D eigenvalue weighted by atomic mass is 10.1. The number of imide groups is 1. The molecule has 1 saturated heterocycles. The molecule has 8 nitrogen and oxygen atoms in total. The van der Waals surface area contributed by atoms with Crippen LogP contribution in [0.15, 0.2) is 61.2 Å². The van der Waals surface area contributed by atoms with Crippen LogP contribution in [0.3, 0.4) is 0 Å². The highest BCUT2D eigenvalue weighted by molar-refractivity contribution is 6.20. The lowest BCUT2D eigenvalue weighted by molar-refractivity contribution is -0.141. The molecule has 0 saturated carbocycles. The highest BCUT2D eigenvalue weighted by atomic mass is 19.4. The Hall–Kier alpha value is -5.02. The van der Waals surface area contributed by atoms with E-state index in [4.69, 9.17) is 5.73 Å². The molecule has 0 atom stereocenters. The third kappa shape index (κ3) is 6.64. The second-order valence-corrected chi connectivity index (χ2v) is 8.60. The molecular formula is C26H16F8N6O2. The number of anilines is 2. The first-order chi connectivity index (χ1) is 19.6. The molecule has 1 fully saturated rings. The summed E-state index contributed by atoms with van der Waals surface area (Å²) in [6, 6.07) is 6.56. The zero-order valence-corrected chi connectivity index (χ0v) is 20.8. The molecule has 4 aromatic rings. The summed E-state index contributed by atoms with van der Waals surface area (Å²) in [4.78, 5) is 37.9. The number of nitrogen functional groups attached to an aromatic ring is 1. The molecule has 1 aliphatic rings. The van der Waals surface area contributed by atoms with Crippen molar-refractivity contribution in [3.05, 3.63) is 84.2 Å². The highest BCUT2D eigenvalue weighted by Gasteiger charge is 2.41. The summed E-state index contributed by atoms with van der Waals surface area (Å²) in [6.45, 7) is 0. The minimum Gasteiger partial charge on any atom is -0.397 e. The van der Waals surface area contributed by atoms with Crippen LogP contribution in [0, 0.1) is 11.6 Å². The van der Waals surface area contributed by atoms with Gasteiger partial charge < -0.3 is 5.73 Å². The third-order valence-electron chi connectivity index (χ3n) is 5.63. The van der Waals surface area contributed by atoms with Crippen molar-refractivity contribution in [2.75, 3.05) is 10.6 Å². The van der Waals surface area contributed by atoms with Gasteiger partial charge in [0.15, 0.2) is 11.4 Å². The molecule has 1 aliphatic heterocycles. The molecule has 0 bridgehead atoms. The first-order valence-corrected chi connectivity index (χ1v) is 11.6. The molecule has 0 aliphatic carbocycles. The topological polar surface area (TPSA) is 115 Å². The monoisotopic (exact) mass is 596 g/mol. The Morgan fingerprint density at radius 1 is 0.667 bits per heavy atom. The first kappa shape index (κ1) is 30.0. The fraction of sp³-hybridized carbons (Fsp3) is 0.154. The average Bonchev–Trinajstić information content (AvgIpc) is 3.25. The normalized spacial score (nSPS) is 13.7. The number of alkyl halides is 6. The average molecular weight is 596 g/mol. The van der Waals surface area contributed by atoms with Gasteiger partial charge in [-0.2, -0.15) is 26.3 Å². The minimum absolute atomic E-state index is 0.0384. The molecule has 0 unspecified atom stereocenters. The van der Waals surface area contributed by atoms with Crippen LogP contribution in [-0.4, -0.2) is 31.8 Å². The summed E-state index contributed by atoms with van der Waals surface area (Å²) in [5.41, 5.74) is 1.53. The van der Waals surface area contributed by atoms with Gasteiger partial charge in [-0.3, -0.25) is 19.6 Å². The summed E-state index contributed by atoms with van der Waals surface area (Å²) < 4.78 is 104. The van der Waals surface area contributed by atoms with Crippen LogP contribution in [-0.2, 0) is 21.9 Å². The van der Waals surface area contributed by atoms with Crippen LogP contribution < -0.4 is 10.6 Å². The lowest BCUT2D eigenvalue weighted by Crippen LogP contribution is -2.31. The maximum atomic E-state index is 13.3. The van der Waals surface area contributed by atoms with Gasteiger partial charge in [0.05, 0.1) is 35.2 Å². The number of pyridine rings is 4. The van der Waals surface area contributed by atoms with Crippen molar-refractivity contribution in [1.82, 2.24) is 19.9 Å². The molecule has 2 amide bonds. The largest absolute Gasteiger partial charge is 0.435 e. The molecule has 5 heterocycles. The van der Waals surface area contributed by atoms with Crippen molar-refractivity contribution in [3.63, 3.8) is 0 Å². The maximum Gasteiger partial charge on any atom is 0.435 e. The van der Waals surface area contributed by atoms with Crippen molar-refractivity contribution < 1.29 is 44.7 Å². The van der Waals surface area contributed by atoms with E-state index in [-0.39, 0.29) is 35.4 Å². The van der Waals surface area contributed by atoms with E-state index in [0.717, 1.165) is 42.9 Å². The Kier molecular flexibility index (Phi) is 8.17.